The summed E-state index contributed by atoms with van der Waals surface area (Å²) >= 11 is 0. The molecular formula is C8H15N. The Morgan fingerprint density at radius 3 is 1.78 bits per heavy atom. The number of hydrogen-bond donors (Lipinski definition) is 1. The van der Waals surface area contributed by atoms with Gasteiger partial charge in [-0.25, -0.2) is 0 Å². The monoisotopic (exact) mass is 125 g/mol. The molecule has 0 radical (unpaired) electrons. The summed E-state index contributed by atoms with van der Waals surface area (Å²) in [4.78, 5) is 0. The summed E-state index contributed by atoms with van der Waals surface area (Å²) in [5.41, 5.74) is 0. The van der Waals surface area contributed by atoms with Crippen LogP contribution >= 0.6 is 0 Å². The summed E-state index contributed by atoms with van der Waals surface area (Å²) in [6.07, 6.45) is 8.12. The number of dihydropyridines is 1. The summed E-state index contributed by atoms with van der Waals surface area (Å²) < 4.78 is 0. The Balaban J connectivity index is 0.000000291. The van der Waals surface area contributed by atoms with E-state index in [1.54, 1.807) is 0 Å². The highest BCUT2D eigenvalue weighted by Gasteiger charge is 1.89. The van der Waals surface area contributed by atoms with Crippen molar-refractivity contribution in [3.8, 4) is 0 Å². The molecule has 0 aromatic heterocycles. The Kier molecular flexibility index (Phi) is 4.98. The van der Waals surface area contributed by atoms with Gasteiger partial charge in [0, 0.05) is 0 Å². The minimum Gasteiger partial charge on any atom is -0.368 e. The van der Waals surface area contributed by atoms with Gasteiger partial charge in [0.15, 0.2) is 0 Å². The highest BCUT2D eigenvalue weighted by atomic mass is 14.8. The maximum absolute atomic E-state index is 2.95. The maximum atomic E-state index is 2.95. The van der Waals surface area contributed by atoms with Crippen LogP contribution in [0.4, 0.5) is 0 Å². The minimum absolute atomic E-state index is 0.612. The van der Waals surface area contributed by atoms with Gasteiger partial charge in [0.25, 0.3) is 0 Å². The highest BCUT2D eigenvalue weighted by Crippen LogP contribution is 1.99. The third kappa shape index (κ3) is 3.83. The lowest BCUT2D eigenvalue weighted by atomic mass is 10.1. The summed E-state index contributed by atoms with van der Waals surface area (Å²) in [7, 11) is 0. The molecule has 0 amide bonds. The summed E-state index contributed by atoms with van der Waals surface area (Å²) in [5.74, 6) is 0.612. The van der Waals surface area contributed by atoms with Gasteiger partial charge in [-0.2, -0.15) is 0 Å². The van der Waals surface area contributed by atoms with Crippen LogP contribution in [-0.4, -0.2) is 0 Å². The van der Waals surface area contributed by atoms with Gasteiger partial charge < -0.3 is 5.32 Å². The van der Waals surface area contributed by atoms with Crippen LogP contribution in [0.25, 0.3) is 0 Å². The van der Waals surface area contributed by atoms with Crippen molar-refractivity contribution in [1.82, 2.24) is 5.32 Å². The smallest absolute Gasteiger partial charge is 0.00299 e. The first kappa shape index (κ1) is 8.28. The highest BCUT2D eigenvalue weighted by molar-refractivity contribution is 5.03. The number of hydrogen-bond acceptors (Lipinski definition) is 1. The SMILES string of the molecule is CC.CC1C=CNC=C1. The minimum atomic E-state index is 0.612. The van der Waals surface area contributed by atoms with Crippen LogP contribution in [-0.2, 0) is 0 Å². The second-order valence-corrected chi connectivity index (χ2v) is 1.74. The van der Waals surface area contributed by atoms with Gasteiger partial charge in [-0.1, -0.05) is 32.9 Å². The molecule has 0 aromatic rings. The molecule has 1 heteroatoms. The van der Waals surface area contributed by atoms with E-state index in [0.717, 1.165) is 0 Å². The Morgan fingerprint density at radius 2 is 1.56 bits per heavy atom. The van der Waals surface area contributed by atoms with E-state index in [0.29, 0.717) is 5.92 Å². The van der Waals surface area contributed by atoms with E-state index in [9.17, 15) is 0 Å². The van der Waals surface area contributed by atoms with Crippen LogP contribution in [0, 0.1) is 5.92 Å². The fourth-order valence-corrected chi connectivity index (χ4v) is 0.534. The summed E-state index contributed by atoms with van der Waals surface area (Å²) in [5, 5.41) is 2.95. The first-order valence-corrected chi connectivity index (χ1v) is 3.49. The molecule has 0 saturated heterocycles. The van der Waals surface area contributed by atoms with Crippen LogP contribution < -0.4 is 5.32 Å². The lowest BCUT2D eigenvalue weighted by Crippen LogP contribution is -1.99. The third-order valence-electron chi connectivity index (χ3n) is 0.992. The molecule has 0 unspecified atom stereocenters. The lowest BCUT2D eigenvalue weighted by molar-refractivity contribution is 0.888. The van der Waals surface area contributed by atoms with E-state index in [-0.39, 0.29) is 0 Å². The van der Waals surface area contributed by atoms with Gasteiger partial charge in [-0.05, 0) is 18.3 Å². The average molecular weight is 125 g/mol. The van der Waals surface area contributed by atoms with E-state index >= 15 is 0 Å². The van der Waals surface area contributed by atoms with Gasteiger partial charge in [0.1, 0.15) is 0 Å². The van der Waals surface area contributed by atoms with Crippen LogP contribution in [0.2, 0.25) is 0 Å². The molecular weight excluding hydrogens is 110 g/mol. The van der Waals surface area contributed by atoms with Crippen LogP contribution in [0.3, 0.4) is 0 Å². The topological polar surface area (TPSA) is 12.0 Å². The molecule has 52 valence electrons. The summed E-state index contributed by atoms with van der Waals surface area (Å²) in [6.45, 7) is 6.15. The first-order valence-electron chi connectivity index (χ1n) is 3.49. The number of rotatable bonds is 0. The molecule has 1 nitrogen and oxygen atoms in total. The van der Waals surface area contributed by atoms with Gasteiger partial charge in [-0.15, -0.1) is 0 Å². The Bertz CT molecular complexity index is 91.1. The average Bonchev–Trinajstić information content (AvgIpc) is 1.94. The molecule has 1 heterocycles. The largest absolute Gasteiger partial charge is 0.368 e. The molecule has 0 aliphatic carbocycles. The molecule has 1 aliphatic heterocycles. The van der Waals surface area contributed by atoms with Gasteiger partial charge in [0.2, 0.25) is 0 Å². The Labute approximate surface area is 57.5 Å². The van der Waals surface area contributed by atoms with Crippen molar-refractivity contribution < 1.29 is 0 Å². The Morgan fingerprint density at radius 1 is 1.11 bits per heavy atom. The van der Waals surface area contributed by atoms with Crippen LogP contribution in [0.5, 0.6) is 0 Å². The van der Waals surface area contributed by atoms with Crippen molar-refractivity contribution in [1.29, 1.82) is 0 Å². The second kappa shape index (κ2) is 5.42. The standard InChI is InChI=1S/C6H9N.C2H6/c1-6-2-4-7-5-3-6;1-2/h2-7H,1H3;1-2H3. The lowest BCUT2D eigenvalue weighted by Gasteiger charge is -2.02. The van der Waals surface area contributed by atoms with Gasteiger partial charge >= 0.3 is 0 Å². The van der Waals surface area contributed by atoms with Crippen LogP contribution in [0.1, 0.15) is 20.8 Å². The predicted octanol–water partition coefficient (Wildman–Crippen LogP) is 2.28. The predicted molar refractivity (Wildman–Crippen MR) is 41.9 cm³/mol. The van der Waals surface area contributed by atoms with Crippen molar-refractivity contribution in [2.75, 3.05) is 0 Å². The number of allylic oxidation sites excluding steroid dienone is 2. The molecule has 1 N–H and O–H groups in total. The molecule has 0 fully saturated rings. The van der Waals surface area contributed by atoms with Crippen molar-refractivity contribution in [2.45, 2.75) is 20.8 Å². The third-order valence-corrected chi connectivity index (χ3v) is 0.992. The fraction of sp³-hybridized carbons (Fsp3) is 0.500. The zero-order valence-electron chi connectivity index (χ0n) is 6.39. The van der Waals surface area contributed by atoms with Gasteiger partial charge in [-0.3, -0.25) is 0 Å². The zero-order valence-corrected chi connectivity index (χ0v) is 6.39. The molecule has 0 aromatic carbocycles. The molecule has 1 rings (SSSR count). The van der Waals surface area contributed by atoms with E-state index in [1.165, 1.54) is 0 Å². The van der Waals surface area contributed by atoms with E-state index in [4.69, 9.17) is 0 Å². The quantitative estimate of drug-likeness (QED) is 0.523. The molecule has 0 spiro atoms. The normalized spacial score (nSPS) is 15.9. The molecule has 1 aliphatic rings. The molecule has 9 heavy (non-hydrogen) atoms. The molecule has 0 atom stereocenters. The van der Waals surface area contributed by atoms with E-state index in [1.807, 2.05) is 26.2 Å². The number of nitrogens with one attached hydrogen (secondary N) is 1. The first-order chi connectivity index (χ1) is 4.39. The van der Waals surface area contributed by atoms with Crippen LogP contribution in [0.15, 0.2) is 24.6 Å². The molecule has 0 saturated carbocycles. The fourth-order valence-electron chi connectivity index (χ4n) is 0.534. The second-order valence-electron chi connectivity index (χ2n) is 1.74. The van der Waals surface area contributed by atoms with Crippen molar-refractivity contribution in [3.63, 3.8) is 0 Å². The summed E-state index contributed by atoms with van der Waals surface area (Å²) in [6, 6.07) is 0. The Hall–Kier alpha value is -0.720. The van der Waals surface area contributed by atoms with Crippen molar-refractivity contribution in [3.05, 3.63) is 24.6 Å². The molecule has 0 bridgehead atoms. The van der Waals surface area contributed by atoms with Gasteiger partial charge in [0.05, 0.1) is 0 Å². The van der Waals surface area contributed by atoms with E-state index < -0.39 is 0 Å². The maximum Gasteiger partial charge on any atom is -0.00299 e. The van der Waals surface area contributed by atoms with Crippen molar-refractivity contribution in [2.24, 2.45) is 5.92 Å². The zero-order chi connectivity index (χ0) is 7.11. The van der Waals surface area contributed by atoms with E-state index in [2.05, 4.69) is 24.4 Å². The van der Waals surface area contributed by atoms with Crippen molar-refractivity contribution >= 4 is 0 Å².